The molecule has 1 fully saturated rings. The SMILES string of the molecule is OC1(Cc2cc(Cl)cc3c2CCC3)CC1. The number of hydrogen-bond donors (Lipinski definition) is 1. The molecule has 2 aliphatic carbocycles. The minimum absolute atomic E-state index is 0.402. The number of aryl methyl sites for hydroxylation is 1. The standard InChI is InChI=1S/C13H15ClO/c14-11-6-9-2-1-3-12(9)10(7-11)8-13(15)4-5-13/h6-7,15H,1-5,8H2. The van der Waals surface area contributed by atoms with E-state index in [9.17, 15) is 5.11 Å². The Labute approximate surface area is 95.1 Å². The van der Waals surface area contributed by atoms with Crippen molar-refractivity contribution in [2.75, 3.05) is 0 Å². The first-order valence-electron chi connectivity index (χ1n) is 5.69. The summed E-state index contributed by atoms with van der Waals surface area (Å²) >= 11 is 6.10. The van der Waals surface area contributed by atoms with Crippen molar-refractivity contribution in [2.24, 2.45) is 0 Å². The van der Waals surface area contributed by atoms with Crippen LogP contribution in [0.15, 0.2) is 12.1 Å². The van der Waals surface area contributed by atoms with E-state index in [1.54, 1.807) is 0 Å². The van der Waals surface area contributed by atoms with Crippen LogP contribution in [0.3, 0.4) is 0 Å². The molecule has 15 heavy (non-hydrogen) atoms. The molecule has 1 aromatic carbocycles. The fraction of sp³-hybridized carbons (Fsp3) is 0.538. The highest BCUT2D eigenvalue weighted by atomic mass is 35.5. The van der Waals surface area contributed by atoms with Crippen LogP contribution in [-0.4, -0.2) is 10.7 Å². The molecule has 1 nitrogen and oxygen atoms in total. The van der Waals surface area contributed by atoms with Crippen molar-refractivity contribution in [2.45, 2.75) is 44.1 Å². The second-order valence-corrected chi connectivity index (χ2v) is 5.39. The van der Waals surface area contributed by atoms with E-state index in [-0.39, 0.29) is 0 Å². The average molecular weight is 223 g/mol. The third kappa shape index (κ3) is 1.79. The molecule has 0 atom stereocenters. The summed E-state index contributed by atoms with van der Waals surface area (Å²) in [6.45, 7) is 0. The molecule has 2 aliphatic rings. The fourth-order valence-corrected chi connectivity index (χ4v) is 2.85. The normalized spacial score (nSPS) is 21.5. The maximum atomic E-state index is 9.96. The first-order chi connectivity index (χ1) is 7.16. The molecular weight excluding hydrogens is 208 g/mol. The van der Waals surface area contributed by atoms with E-state index in [1.165, 1.54) is 23.1 Å². The van der Waals surface area contributed by atoms with Crippen molar-refractivity contribution in [3.63, 3.8) is 0 Å². The topological polar surface area (TPSA) is 20.2 Å². The van der Waals surface area contributed by atoms with Crippen molar-refractivity contribution >= 4 is 11.6 Å². The maximum Gasteiger partial charge on any atom is 0.0690 e. The number of halogens is 1. The molecule has 1 N–H and O–H groups in total. The summed E-state index contributed by atoms with van der Waals surface area (Å²) in [5.41, 5.74) is 3.75. The molecule has 0 heterocycles. The molecule has 0 aliphatic heterocycles. The second kappa shape index (κ2) is 3.23. The van der Waals surface area contributed by atoms with E-state index < -0.39 is 5.60 Å². The highest BCUT2D eigenvalue weighted by molar-refractivity contribution is 6.30. The summed E-state index contributed by atoms with van der Waals surface area (Å²) in [7, 11) is 0. The molecule has 0 saturated heterocycles. The van der Waals surface area contributed by atoms with Gasteiger partial charge in [-0.05, 0) is 60.9 Å². The van der Waals surface area contributed by atoms with Crippen molar-refractivity contribution in [3.05, 3.63) is 33.8 Å². The number of hydrogen-bond acceptors (Lipinski definition) is 1. The Hall–Kier alpha value is -0.530. The first-order valence-corrected chi connectivity index (χ1v) is 6.07. The molecule has 0 unspecified atom stereocenters. The van der Waals surface area contributed by atoms with Gasteiger partial charge in [0.15, 0.2) is 0 Å². The minimum atomic E-state index is -0.402. The third-order valence-corrected chi connectivity index (χ3v) is 3.84. The Morgan fingerprint density at radius 3 is 2.80 bits per heavy atom. The van der Waals surface area contributed by atoms with Gasteiger partial charge in [-0.15, -0.1) is 0 Å². The summed E-state index contributed by atoms with van der Waals surface area (Å²) in [4.78, 5) is 0. The van der Waals surface area contributed by atoms with Crippen molar-refractivity contribution in [1.29, 1.82) is 0 Å². The molecule has 0 aromatic heterocycles. The van der Waals surface area contributed by atoms with Crippen LogP contribution >= 0.6 is 11.6 Å². The van der Waals surface area contributed by atoms with Crippen LogP contribution in [0.25, 0.3) is 0 Å². The largest absolute Gasteiger partial charge is 0.390 e. The van der Waals surface area contributed by atoms with Gasteiger partial charge in [-0.25, -0.2) is 0 Å². The van der Waals surface area contributed by atoms with Crippen LogP contribution in [0.4, 0.5) is 0 Å². The van der Waals surface area contributed by atoms with E-state index in [4.69, 9.17) is 11.6 Å². The molecule has 0 spiro atoms. The van der Waals surface area contributed by atoms with E-state index >= 15 is 0 Å². The smallest absolute Gasteiger partial charge is 0.0690 e. The zero-order chi connectivity index (χ0) is 10.5. The fourth-order valence-electron chi connectivity index (χ4n) is 2.59. The zero-order valence-corrected chi connectivity index (χ0v) is 9.48. The molecule has 0 amide bonds. The van der Waals surface area contributed by atoms with Crippen LogP contribution in [-0.2, 0) is 19.3 Å². The maximum absolute atomic E-state index is 9.96. The molecule has 80 valence electrons. The Morgan fingerprint density at radius 2 is 2.07 bits per heavy atom. The lowest BCUT2D eigenvalue weighted by Crippen LogP contribution is -2.12. The summed E-state index contributed by atoms with van der Waals surface area (Å²) in [6.07, 6.45) is 6.26. The number of rotatable bonds is 2. The van der Waals surface area contributed by atoms with Gasteiger partial charge >= 0.3 is 0 Å². The van der Waals surface area contributed by atoms with Crippen molar-refractivity contribution in [1.82, 2.24) is 0 Å². The Morgan fingerprint density at radius 1 is 1.27 bits per heavy atom. The summed E-state index contributed by atoms with van der Waals surface area (Å²) in [5.74, 6) is 0. The zero-order valence-electron chi connectivity index (χ0n) is 8.72. The van der Waals surface area contributed by atoms with E-state index in [0.717, 1.165) is 37.1 Å². The van der Waals surface area contributed by atoms with Crippen LogP contribution in [0.2, 0.25) is 5.02 Å². The summed E-state index contributed by atoms with van der Waals surface area (Å²) in [5, 5.41) is 10.8. The van der Waals surface area contributed by atoms with E-state index in [2.05, 4.69) is 6.07 Å². The van der Waals surface area contributed by atoms with Crippen LogP contribution in [0, 0.1) is 0 Å². The van der Waals surface area contributed by atoms with Crippen LogP contribution in [0.5, 0.6) is 0 Å². The molecule has 0 radical (unpaired) electrons. The molecule has 2 heteroatoms. The number of fused-ring (bicyclic) bond motifs is 1. The Bertz CT molecular complexity index is 407. The summed E-state index contributed by atoms with van der Waals surface area (Å²) < 4.78 is 0. The number of aliphatic hydroxyl groups is 1. The van der Waals surface area contributed by atoms with Gasteiger partial charge in [-0.3, -0.25) is 0 Å². The number of benzene rings is 1. The van der Waals surface area contributed by atoms with Gasteiger partial charge in [0, 0.05) is 11.4 Å². The third-order valence-electron chi connectivity index (χ3n) is 3.62. The monoisotopic (exact) mass is 222 g/mol. The van der Waals surface area contributed by atoms with Gasteiger partial charge in [-0.2, -0.15) is 0 Å². The highest BCUT2D eigenvalue weighted by Crippen LogP contribution is 2.40. The van der Waals surface area contributed by atoms with Gasteiger partial charge in [0.1, 0.15) is 0 Å². The summed E-state index contributed by atoms with van der Waals surface area (Å²) in [6, 6.07) is 4.13. The van der Waals surface area contributed by atoms with Gasteiger partial charge < -0.3 is 5.11 Å². The highest BCUT2D eigenvalue weighted by Gasteiger charge is 2.40. The quantitative estimate of drug-likeness (QED) is 0.816. The van der Waals surface area contributed by atoms with Crippen LogP contribution < -0.4 is 0 Å². The van der Waals surface area contributed by atoms with Crippen LogP contribution in [0.1, 0.15) is 36.0 Å². The molecule has 1 aromatic rings. The Kier molecular flexibility index (Phi) is 2.08. The van der Waals surface area contributed by atoms with Crippen molar-refractivity contribution in [3.8, 4) is 0 Å². The van der Waals surface area contributed by atoms with Crippen molar-refractivity contribution < 1.29 is 5.11 Å². The molecule has 0 bridgehead atoms. The lowest BCUT2D eigenvalue weighted by atomic mass is 9.97. The lowest BCUT2D eigenvalue weighted by molar-refractivity contribution is 0.150. The minimum Gasteiger partial charge on any atom is -0.390 e. The predicted molar refractivity (Wildman–Crippen MR) is 61.4 cm³/mol. The predicted octanol–water partition coefficient (Wildman–Crippen LogP) is 2.90. The molecular formula is C13H15ClO. The second-order valence-electron chi connectivity index (χ2n) is 4.96. The van der Waals surface area contributed by atoms with Gasteiger partial charge in [0.05, 0.1) is 5.60 Å². The Balaban J connectivity index is 1.99. The van der Waals surface area contributed by atoms with Gasteiger partial charge in [0.2, 0.25) is 0 Å². The first kappa shape index (κ1) is 9.68. The molecule has 1 saturated carbocycles. The van der Waals surface area contributed by atoms with E-state index in [0.29, 0.717) is 0 Å². The van der Waals surface area contributed by atoms with Gasteiger partial charge in [-0.1, -0.05) is 11.6 Å². The van der Waals surface area contributed by atoms with Gasteiger partial charge in [0.25, 0.3) is 0 Å². The average Bonchev–Trinajstić information content (AvgIpc) is 2.73. The van der Waals surface area contributed by atoms with E-state index in [1.807, 2.05) is 6.07 Å². The molecule has 3 rings (SSSR count). The lowest BCUT2D eigenvalue weighted by Gasteiger charge is -2.12.